The molecule has 0 spiro atoms. The van der Waals surface area contributed by atoms with E-state index in [1.165, 1.54) is 54.2 Å². The van der Waals surface area contributed by atoms with Gasteiger partial charge in [0.15, 0.2) is 0 Å². The molecular weight excluding hydrogens is 360 g/mol. The Morgan fingerprint density at radius 1 is 0.333 bits per heavy atom. The lowest BCUT2D eigenvalue weighted by Crippen LogP contribution is -1.82. The third-order valence-corrected chi connectivity index (χ3v) is 6.00. The molecule has 0 heteroatoms. The lowest BCUT2D eigenvalue weighted by atomic mass is 9.97. The highest BCUT2D eigenvalue weighted by Crippen LogP contribution is 2.29. The van der Waals surface area contributed by atoms with Crippen LogP contribution >= 0.6 is 0 Å². The Kier molecular flexibility index (Phi) is 3.89. The molecule has 140 valence electrons. The van der Waals surface area contributed by atoms with Crippen molar-refractivity contribution in [3.63, 3.8) is 0 Å². The van der Waals surface area contributed by atoms with Crippen molar-refractivity contribution in [3.8, 4) is 0 Å². The van der Waals surface area contributed by atoms with Crippen molar-refractivity contribution in [2.75, 3.05) is 0 Å². The smallest absolute Gasteiger partial charge is 0.0105 e. The summed E-state index contributed by atoms with van der Waals surface area (Å²) in [5.41, 5.74) is 2.49. The summed E-state index contributed by atoms with van der Waals surface area (Å²) in [6, 6.07) is 39.4. The molecule has 0 N–H and O–H groups in total. The summed E-state index contributed by atoms with van der Waals surface area (Å²) < 4.78 is 0. The van der Waals surface area contributed by atoms with Gasteiger partial charge in [-0.1, -0.05) is 97.1 Å². The van der Waals surface area contributed by atoms with E-state index >= 15 is 0 Å². The quantitative estimate of drug-likeness (QED) is 0.209. The van der Waals surface area contributed by atoms with Gasteiger partial charge in [-0.3, -0.25) is 0 Å². The summed E-state index contributed by atoms with van der Waals surface area (Å²) in [7, 11) is 0. The van der Waals surface area contributed by atoms with Crippen molar-refractivity contribution in [3.05, 3.63) is 120 Å². The van der Waals surface area contributed by atoms with Crippen LogP contribution in [0.5, 0.6) is 0 Å². The second-order valence-electron chi connectivity index (χ2n) is 7.87. The molecule has 0 unspecified atom stereocenters. The maximum Gasteiger partial charge on any atom is -0.0105 e. The molecule has 0 saturated heterocycles. The van der Waals surface area contributed by atoms with Crippen LogP contribution < -0.4 is 0 Å². The number of fused-ring (bicyclic) bond motifs is 4. The molecule has 0 aliphatic carbocycles. The second-order valence-corrected chi connectivity index (χ2v) is 7.87. The number of rotatable bonds is 2. The van der Waals surface area contributed by atoms with Gasteiger partial charge >= 0.3 is 0 Å². The Labute approximate surface area is 175 Å². The lowest BCUT2D eigenvalue weighted by Gasteiger charge is -2.07. The molecule has 0 bridgehead atoms. The molecule has 6 aromatic carbocycles. The number of benzene rings is 6. The van der Waals surface area contributed by atoms with Gasteiger partial charge in [0.25, 0.3) is 0 Å². The molecule has 6 rings (SSSR count). The minimum atomic E-state index is 1.25. The molecule has 6 aromatic rings. The van der Waals surface area contributed by atoms with E-state index in [1.54, 1.807) is 0 Å². The molecule has 0 aliphatic heterocycles. The molecular formula is C30H20. The first-order chi connectivity index (χ1) is 14.8. The van der Waals surface area contributed by atoms with E-state index in [-0.39, 0.29) is 0 Å². The highest BCUT2D eigenvalue weighted by Gasteiger charge is 2.03. The highest BCUT2D eigenvalue weighted by molar-refractivity contribution is 6.05. The van der Waals surface area contributed by atoms with Gasteiger partial charge < -0.3 is 0 Å². The Balaban J connectivity index is 1.51. The number of hydrogen-bond donors (Lipinski definition) is 0. The summed E-state index contributed by atoms with van der Waals surface area (Å²) in [5, 5.41) is 10.3. The summed E-state index contributed by atoms with van der Waals surface area (Å²) >= 11 is 0. The standard InChI is InChI=1S/C30H20/c1-3-9-25-19-29-21(11-5-13-27(29)17-23(25)7-1)15-16-22-12-6-14-28-18-24-8-2-4-10-26(24)20-30(22)28/h1-20H/b16-15+. The molecule has 0 nitrogen and oxygen atoms in total. The molecule has 0 saturated carbocycles. The van der Waals surface area contributed by atoms with E-state index in [0.29, 0.717) is 0 Å². The largest absolute Gasteiger partial charge is 0.0616 e. The molecule has 0 aromatic heterocycles. The van der Waals surface area contributed by atoms with Crippen LogP contribution in [-0.2, 0) is 0 Å². The van der Waals surface area contributed by atoms with E-state index < -0.39 is 0 Å². The molecule has 0 heterocycles. The molecule has 30 heavy (non-hydrogen) atoms. The zero-order valence-electron chi connectivity index (χ0n) is 16.5. The van der Waals surface area contributed by atoms with Gasteiger partial charge in [-0.25, -0.2) is 0 Å². The van der Waals surface area contributed by atoms with Crippen molar-refractivity contribution in [1.82, 2.24) is 0 Å². The van der Waals surface area contributed by atoms with E-state index in [9.17, 15) is 0 Å². The number of hydrogen-bond acceptors (Lipinski definition) is 0. The van der Waals surface area contributed by atoms with Gasteiger partial charge in [-0.05, 0) is 78.5 Å². The lowest BCUT2D eigenvalue weighted by molar-refractivity contribution is 1.72. The predicted octanol–water partition coefficient (Wildman–Crippen LogP) is 8.47. The zero-order valence-corrected chi connectivity index (χ0v) is 16.5. The Bertz CT molecular complexity index is 1460. The molecule has 0 radical (unpaired) electrons. The first-order valence-electron chi connectivity index (χ1n) is 10.4. The van der Waals surface area contributed by atoms with Crippen LogP contribution in [0.15, 0.2) is 109 Å². The third kappa shape index (κ3) is 2.86. The van der Waals surface area contributed by atoms with E-state index in [0.717, 1.165) is 0 Å². The van der Waals surface area contributed by atoms with Crippen molar-refractivity contribution in [2.45, 2.75) is 0 Å². The fraction of sp³-hybridized carbons (Fsp3) is 0. The van der Waals surface area contributed by atoms with Gasteiger partial charge in [-0.15, -0.1) is 0 Å². The van der Waals surface area contributed by atoms with Crippen molar-refractivity contribution >= 4 is 55.2 Å². The second kappa shape index (κ2) is 6.86. The average Bonchev–Trinajstić information content (AvgIpc) is 2.80. The Hall–Kier alpha value is -3.90. The van der Waals surface area contributed by atoms with Gasteiger partial charge in [0.1, 0.15) is 0 Å². The van der Waals surface area contributed by atoms with Crippen LogP contribution in [0.25, 0.3) is 55.2 Å². The SMILES string of the molecule is C(=C\c1cccc2cc3ccccc3cc12)/c1cccc2cc3ccccc3cc12. The van der Waals surface area contributed by atoms with E-state index in [2.05, 4.69) is 121 Å². The summed E-state index contributed by atoms with van der Waals surface area (Å²) in [6.45, 7) is 0. The normalized spacial score (nSPS) is 11.9. The molecule has 0 atom stereocenters. The van der Waals surface area contributed by atoms with Gasteiger partial charge in [-0.2, -0.15) is 0 Å². The monoisotopic (exact) mass is 380 g/mol. The molecule has 0 aliphatic rings. The topological polar surface area (TPSA) is 0 Å². The predicted molar refractivity (Wildman–Crippen MR) is 132 cm³/mol. The van der Waals surface area contributed by atoms with Crippen molar-refractivity contribution in [2.24, 2.45) is 0 Å². The van der Waals surface area contributed by atoms with Gasteiger partial charge in [0.2, 0.25) is 0 Å². The third-order valence-electron chi connectivity index (χ3n) is 6.00. The van der Waals surface area contributed by atoms with Crippen LogP contribution in [-0.4, -0.2) is 0 Å². The minimum Gasteiger partial charge on any atom is -0.0616 e. The van der Waals surface area contributed by atoms with Crippen LogP contribution in [0.1, 0.15) is 11.1 Å². The minimum absolute atomic E-state index is 1.25. The van der Waals surface area contributed by atoms with E-state index in [1.807, 2.05) is 0 Å². The fourth-order valence-corrected chi connectivity index (χ4v) is 4.45. The summed E-state index contributed by atoms with van der Waals surface area (Å²) in [5.74, 6) is 0. The van der Waals surface area contributed by atoms with Gasteiger partial charge in [0, 0.05) is 0 Å². The molecule has 0 amide bonds. The van der Waals surface area contributed by atoms with Crippen LogP contribution in [0.3, 0.4) is 0 Å². The maximum atomic E-state index is 2.31. The maximum absolute atomic E-state index is 2.31. The Morgan fingerprint density at radius 3 is 1.13 bits per heavy atom. The highest BCUT2D eigenvalue weighted by atomic mass is 14.1. The first-order valence-corrected chi connectivity index (χ1v) is 10.4. The van der Waals surface area contributed by atoms with Gasteiger partial charge in [0.05, 0.1) is 0 Å². The van der Waals surface area contributed by atoms with Crippen molar-refractivity contribution in [1.29, 1.82) is 0 Å². The zero-order chi connectivity index (χ0) is 19.9. The summed E-state index contributed by atoms with van der Waals surface area (Å²) in [6.07, 6.45) is 4.50. The fourth-order valence-electron chi connectivity index (χ4n) is 4.45. The van der Waals surface area contributed by atoms with Crippen molar-refractivity contribution < 1.29 is 0 Å². The van der Waals surface area contributed by atoms with Crippen LogP contribution in [0, 0.1) is 0 Å². The molecule has 0 fully saturated rings. The first kappa shape index (κ1) is 17.0. The van der Waals surface area contributed by atoms with Crippen LogP contribution in [0.2, 0.25) is 0 Å². The van der Waals surface area contributed by atoms with Crippen LogP contribution in [0.4, 0.5) is 0 Å². The van der Waals surface area contributed by atoms with E-state index in [4.69, 9.17) is 0 Å². The average molecular weight is 380 g/mol. The Morgan fingerprint density at radius 2 is 0.700 bits per heavy atom. The summed E-state index contributed by atoms with van der Waals surface area (Å²) in [4.78, 5) is 0.